The molecular weight excluding hydrogens is 563 g/mol. The number of carbonyl (C=O) groups excluding carboxylic acids is 2. The van der Waals surface area contributed by atoms with Gasteiger partial charge in [-0.1, -0.05) is 78.1 Å². The second kappa shape index (κ2) is 24.6. The number of thioether (sulfide) groups is 2. The number of hydrogen-bond donors (Lipinski definition) is 0. The molecule has 0 rings (SSSR count). The summed E-state index contributed by atoms with van der Waals surface area (Å²) in [6.45, 7) is 9.26. The summed E-state index contributed by atoms with van der Waals surface area (Å²) >= 11 is 14.3. The second-order valence-corrected chi connectivity index (χ2v) is 13.9. The SMILES string of the molecule is CCCCCCCCSC(C)(CCCOC(=O)Cl)N=NC(C)(CCCOC(=O)Cl)SCCCCCCCC. The summed E-state index contributed by atoms with van der Waals surface area (Å²) in [7, 11) is 0. The van der Waals surface area contributed by atoms with Crippen molar-refractivity contribution in [1.29, 1.82) is 0 Å². The van der Waals surface area contributed by atoms with Crippen LogP contribution in [0, 0.1) is 0 Å². The number of unbranched alkanes of at least 4 members (excludes halogenated alkanes) is 10. The Kier molecular flexibility index (Phi) is 24.5. The average molecular weight is 616 g/mol. The normalized spacial score (nSPS) is 14.8. The van der Waals surface area contributed by atoms with Crippen molar-refractivity contribution in [1.82, 2.24) is 0 Å². The zero-order valence-corrected chi connectivity index (χ0v) is 27.4. The summed E-state index contributed by atoms with van der Waals surface area (Å²) in [5.41, 5.74) is -1.55. The molecule has 0 saturated carbocycles. The van der Waals surface area contributed by atoms with Crippen molar-refractivity contribution < 1.29 is 19.1 Å². The van der Waals surface area contributed by atoms with Gasteiger partial charge in [0.05, 0.1) is 13.2 Å². The zero-order chi connectivity index (χ0) is 28.5. The number of rotatable bonds is 26. The Morgan fingerprint density at radius 2 is 0.947 bits per heavy atom. The Balaban J connectivity index is 5.14. The van der Waals surface area contributed by atoms with Crippen molar-refractivity contribution in [2.75, 3.05) is 24.7 Å². The number of halogens is 2. The van der Waals surface area contributed by atoms with Gasteiger partial charge < -0.3 is 9.47 Å². The fourth-order valence-electron chi connectivity index (χ4n) is 3.97. The van der Waals surface area contributed by atoms with Gasteiger partial charge in [-0.05, 0) is 63.9 Å². The first kappa shape index (κ1) is 37.8. The van der Waals surface area contributed by atoms with Crippen LogP contribution in [0.2, 0.25) is 0 Å². The molecule has 0 bridgehead atoms. The molecule has 6 nitrogen and oxygen atoms in total. The quantitative estimate of drug-likeness (QED) is 0.0547. The monoisotopic (exact) mass is 614 g/mol. The summed E-state index contributed by atoms with van der Waals surface area (Å²) < 4.78 is 9.87. The predicted octanol–water partition coefficient (Wildman–Crippen LogP) is 11.4. The molecule has 0 aromatic heterocycles. The Morgan fingerprint density at radius 3 is 1.29 bits per heavy atom. The summed E-state index contributed by atoms with van der Waals surface area (Å²) in [4.78, 5) is 21.1. The molecule has 0 aliphatic rings. The van der Waals surface area contributed by atoms with E-state index < -0.39 is 20.6 Å². The summed E-state index contributed by atoms with van der Waals surface area (Å²) in [5, 5.41) is 9.81. The molecule has 0 aliphatic heterocycles. The van der Waals surface area contributed by atoms with Crippen LogP contribution in [-0.4, -0.2) is 45.3 Å². The highest BCUT2D eigenvalue weighted by Gasteiger charge is 2.29. The lowest BCUT2D eigenvalue weighted by Gasteiger charge is -2.28. The largest absolute Gasteiger partial charge is 0.454 e. The number of carbonyl (C=O) groups is 2. The summed E-state index contributed by atoms with van der Waals surface area (Å²) in [6, 6.07) is 0. The Morgan fingerprint density at radius 1 is 0.605 bits per heavy atom. The van der Waals surface area contributed by atoms with E-state index in [0.29, 0.717) is 12.8 Å². The standard InChI is InChI=1S/C28H52Cl2N2O4S2/c1-5-7-9-11-13-15-23-37-27(3,19-17-21-35-25(29)33)31-32-28(4,20-18-22-36-26(30)34)38-24-16-14-12-10-8-6-2/h5-24H2,1-4H3. The number of hydrogen-bond acceptors (Lipinski definition) is 8. The van der Waals surface area contributed by atoms with Crippen molar-refractivity contribution in [3.63, 3.8) is 0 Å². The first-order valence-corrected chi connectivity index (χ1v) is 17.3. The van der Waals surface area contributed by atoms with Gasteiger partial charge in [-0.15, -0.1) is 23.5 Å². The second-order valence-electron chi connectivity index (χ2n) is 10.2. The first-order chi connectivity index (χ1) is 18.2. The molecule has 0 aromatic carbocycles. The van der Waals surface area contributed by atoms with E-state index in [1.165, 1.54) is 64.2 Å². The third-order valence-electron chi connectivity index (χ3n) is 6.30. The molecule has 0 spiro atoms. The first-order valence-electron chi connectivity index (χ1n) is 14.5. The summed E-state index contributed by atoms with van der Waals surface area (Å²) in [5.74, 6) is 2.04. The maximum atomic E-state index is 11.0. The van der Waals surface area contributed by atoms with Gasteiger partial charge in [-0.2, -0.15) is 10.2 Å². The molecular formula is C28H52Cl2N2O4S2. The number of ether oxygens (including phenoxy) is 2. The minimum Gasteiger partial charge on any atom is -0.454 e. The lowest BCUT2D eigenvalue weighted by molar-refractivity contribution is 0.168. The Bertz CT molecular complexity index is 594. The molecule has 0 aliphatic carbocycles. The smallest absolute Gasteiger partial charge is 0.403 e. The molecule has 0 fully saturated rings. The Labute approximate surface area is 250 Å². The highest BCUT2D eigenvalue weighted by atomic mass is 35.5. The van der Waals surface area contributed by atoms with Crippen LogP contribution in [0.5, 0.6) is 0 Å². The zero-order valence-electron chi connectivity index (χ0n) is 24.2. The van der Waals surface area contributed by atoms with E-state index in [0.717, 1.165) is 37.2 Å². The fourth-order valence-corrected chi connectivity index (χ4v) is 6.47. The molecule has 0 amide bonds. The molecule has 0 saturated heterocycles. The van der Waals surface area contributed by atoms with E-state index in [2.05, 4.69) is 27.7 Å². The Hall–Kier alpha value is -0.180. The lowest BCUT2D eigenvalue weighted by atomic mass is 10.1. The van der Waals surface area contributed by atoms with Crippen LogP contribution >= 0.6 is 46.7 Å². The van der Waals surface area contributed by atoms with Crippen LogP contribution in [-0.2, 0) is 9.47 Å². The lowest BCUT2D eigenvalue weighted by Crippen LogP contribution is -2.23. The maximum Gasteiger partial charge on any atom is 0.403 e. The molecule has 2 atom stereocenters. The van der Waals surface area contributed by atoms with Gasteiger partial charge in [-0.3, -0.25) is 0 Å². The number of nitrogens with zero attached hydrogens (tertiary/aromatic N) is 2. The molecule has 0 aromatic rings. The van der Waals surface area contributed by atoms with Gasteiger partial charge in [-0.25, -0.2) is 9.59 Å². The molecule has 38 heavy (non-hydrogen) atoms. The van der Waals surface area contributed by atoms with E-state index >= 15 is 0 Å². The minimum absolute atomic E-state index is 0.277. The average Bonchev–Trinajstić information content (AvgIpc) is 2.87. The highest BCUT2D eigenvalue weighted by molar-refractivity contribution is 8.00. The van der Waals surface area contributed by atoms with Crippen molar-refractivity contribution in [2.24, 2.45) is 10.2 Å². The molecule has 0 N–H and O–H groups in total. The van der Waals surface area contributed by atoms with Gasteiger partial charge in [0.15, 0.2) is 0 Å². The fraction of sp³-hybridized carbons (Fsp3) is 0.929. The van der Waals surface area contributed by atoms with Crippen LogP contribution < -0.4 is 0 Å². The van der Waals surface area contributed by atoms with Crippen molar-refractivity contribution in [2.45, 2.75) is 140 Å². The number of azo groups is 1. The molecule has 0 heterocycles. The van der Waals surface area contributed by atoms with Crippen molar-refractivity contribution in [3.05, 3.63) is 0 Å². The van der Waals surface area contributed by atoms with Gasteiger partial charge in [0.2, 0.25) is 0 Å². The highest BCUT2D eigenvalue weighted by Crippen LogP contribution is 2.38. The topological polar surface area (TPSA) is 77.3 Å². The molecule has 224 valence electrons. The van der Waals surface area contributed by atoms with Gasteiger partial charge >= 0.3 is 10.9 Å². The van der Waals surface area contributed by atoms with Crippen molar-refractivity contribution in [3.8, 4) is 0 Å². The van der Waals surface area contributed by atoms with Crippen LogP contribution in [0.4, 0.5) is 9.59 Å². The minimum atomic E-state index is -0.774. The van der Waals surface area contributed by atoms with Crippen LogP contribution in [0.3, 0.4) is 0 Å². The molecule has 2 unspecified atom stereocenters. The van der Waals surface area contributed by atoms with E-state index in [1.807, 2.05) is 23.5 Å². The van der Waals surface area contributed by atoms with Crippen LogP contribution in [0.15, 0.2) is 10.2 Å². The molecule has 10 heteroatoms. The van der Waals surface area contributed by atoms with E-state index in [4.69, 9.17) is 42.9 Å². The van der Waals surface area contributed by atoms with E-state index in [-0.39, 0.29) is 13.2 Å². The van der Waals surface area contributed by atoms with Gasteiger partial charge in [0.25, 0.3) is 0 Å². The van der Waals surface area contributed by atoms with Gasteiger partial charge in [0.1, 0.15) is 9.74 Å². The third-order valence-corrected chi connectivity index (χ3v) is 9.32. The van der Waals surface area contributed by atoms with Gasteiger partial charge in [0, 0.05) is 23.2 Å². The predicted molar refractivity (Wildman–Crippen MR) is 166 cm³/mol. The van der Waals surface area contributed by atoms with E-state index in [1.54, 1.807) is 0 Å². The van der Waals surface area contributed by atoms with Crippen LogP contribution in [0.25, 0.3) is 0 Å². The van der Waals surface area contributed by atoms with Crippen LogP contribution in [0.1, 0.15) is 130 Å². The maximum absolute atomic E-state index is 11.0. The van der Waals surface area contributed by atoms with E-state index in [9.17, 15) is 9.59 Å². The molecule has 0 radical (unpaired) electrons. The summed E-state index contributed by atoms with van der Waals surface area (Å²) in [6.07, 6.45) is 17.9. The third kappa shape index (κ3) is 23.7. The van der Waals surface area contributed by atoms with Crippen molar-refractivity contribution >= 4 is 57.6 Å².